The van der Waals surface area contributed by atoms with Gasteiger partial charge in [-0.1, -0.05) is 19.4 Å². The molecule has 2 fully saturated rings. The van der Waals surface area contributed by atoms with Gasteiger partial charge in [-0.25, -0.2) is 0 Å². The van der Waals surface area contributed by atoms with Gasteiger partial charge in [-0.05, 0) is 93.6 Å². The van der Waals surface area contributed by atoms with Crippen molar-refractivity contribution in [3.8, 4) is 11.5 Å². The van der Waals surface area contributed by atoms with Crippen LogP contribution in [0.3, 0.4) is 0 Å². The van der Waals surface area contributed by atoms with E-state index in [-0.39, 0.29) is 11.5 Å². The Hall–Kier alpha value is -1.58. The maximum atomic E-state index is 14.3. The first kappa shape index (κ1) is 22.1. The number of halogens is 2. The van der Waals surface area contributed by atoms with Crippen molar-refractivity contribution in [1.29, 1.82) is 0 Å². The fourth-order valence-electron chi connectivity index (χ4n) is 4.95. The van der Waals surface area contributed by atoms with Gasteiger partial charge in [0.15, 0.2) is 11.5 Å². The van der Waals surface area contributed by atoms with Crippen molar-refractivity contribution in [2.45, 2.75) is 71.1 Å². The molecule has 0 N–H and O–H groups in total. The molecule has 0 atom stereocenters. The van der Waals surface area contributed by atoms with Crippen LogP contribution in [0.15, 0.2) is 24.8 Å². The lowest BCUT2D eigenvalue weighted by atomic mass is 9.69. The van der Waals surface area contributed by atoms with Gasteiger partial charge >= 0.3 is 0 Å². The van der Waals surface area contributed by atoms with Crippen LogP contribution >= 0.6 is 0 Å². The Morgan fingerprint density at radius 2 is 1.45 bits per heavy atom. The van der Waals surface area contributed by atoms with Crippen LogP contribution < -0.4 is 9.47 Å². The van der Waals surface area contributed by atoms with Crippen molar-refractivity contribution in [2.75, 3.05) is 13.2 Å². The van der Waals surface area contributed by atoms with Crippen molar-refractivity contribution >= 4 is 0 Å². The monoisotopic (exact) mass is 406 g/mol. The molecule has 0 aromatic heterocycles. The van der Waals surface area contributed by atoms with Crippen molar-refractivity contribution in [1.82, 2.24) is 0 Å². The van der Waals surface area contributed by atoms with Crippen molar-refractivity contribution in [3.63, 3.8) is 0 Å². The average molecular weight is 407 g/mol. The quantitative estimate of drug-likeness (QED) is 0.316. The van der Waals surface area contributed by atoms with Gasteiger partial charge in [0.25, 0.3) is 0 Å². The van der Waals surface area contributed by atoms with Crippen molar-refractivity contribution < 1.29 is 18.3 Å². The molecular weight excluding hydrogens is 370 g/mol. The van der Waals surface area contributed by atoms with E-state index in [1.807, 2.05) is 6.92 Å². The van der Waals surface area contributed by atoms with E-state index in [2.05, 4.69) is 12.7 Å². The van der Waals surface area contributed by atoms with E-state index >= 15 is 0 Å². The third-order valence-corrected chi connectivity index (χ3v) is 6.95. The molecule has 4 heteroatoms. The zero-order valence-corrected chi connectivity index (χ0v) is 17.8. The lowest BCUT2D eigenvalue weighted by molar-refractivity contribution is 0.127. The van der Waals surface area contributed by atoms with Crippen LogP contribution in [0.2, 0.25) is 0 Å². The molecule has 2 aliphatic carbocycles. The molecule has 2 saturated carbocycles. The Morgan fingerprint density at radius 1 is 0.897 bits per heavy atom. The first-order valence-corrected chi connectivity index (χ1v) is 11.5. The van der Waals surface area contributed by atoms with Gasteiger partial charge in [-0.2, -0.15) is 8.78 Å². The zero-order valence-electron chi connectivity index (χ0n) is 17.8. The molecule has 162 valence electrons. The molecule has 0 unspecified atom stereocenters. The zero-order chi connectivity index (χ0) is 20.6. The Kier molecular flexibility index (Phi) is 8.38. The van der Waals surface area contributed by atoms with E-state index in [1.165, 1.54) is 50.7 Å². The summed E-state index contributed by atoms with van der Waals surface area (Å²) in [7, 11) is 0. The predicted molar refractivity (Wildman–Crippen MR) is 113 cm³/mol. The Morgan fingerprint density at radius 3 is 2.00 bits per heavy atom. The number of hydrogen-bond acceptors (Lipinski definition) is 2. The van der Waals surface area contributed by atoms with Gasteiger partial charge < -0.3 is 9.47 Å². The van der Waals surface area contributed by atoms with Crippen molar-refractivity contribution in [3.05, 3.63) is 36.4 Å². The van der Waals surface area contributed by atoms with Crippen LogP contribution in [0.1, 0.15) is 71.1 Å². The molecule has 2 nitrogen and oxygen atoms in total. The molecule has 0 spiro atoms. The van der Waals surface area contributed by atoms with Crippen LogP contribution in [0, 0.1) is 35.3 Å². The van der Waals surface area contributed by atoms with Gasteiger partial charge in [-0.3, -0.25) is 0 Å². The molecule has 0 aliphatic heterocycles. The van der Waals surface area contributed by atoms with E-state index in [0.717, 1.165) is 43.4 Å². The molecule has 0 heterocycles. The van der Waals surface area contributed by atoms with Gasteiger partial charge in [0.2, 0.25) is 11.6 Å². The Bertz CT molecular complexity index is 644. The van der Waals surface area contributed by atoms with E-state index in [4.69, 9.17) is 9.47 Å². The Balaban J connectivity index is 1.43. The number of hydrogen-bond donors (Lipinski definition) is 0. The van der Waals surface area contributed by atoms with Crippen LogP contribution in [-0.4, -0.2) is 13.2 Å². The molecule has 1 aromatic carbocycles. The number of benzene rings is 1. The second kappa shape index (κ2) is 11.0. The normalized spacial score (nSPS) is 27.4. The number of unbranched alkanes of at least 4 members (excludes halogenated alkanes) is 1. The standard InChI is InChI=1S/C25H36F2O2/c1-3-5-16-28-22-14-15-23(25(27)24(22)26)29-17-19-8-12-21(13-9-19)20-10-6-18(4-2)7-11-20/h4,14-15,18-21H,2-3,5-13,16-17H2,1H3. The van der Waals surface area contributed by atoms with Crippen LogP contribution in [-0.2, 0) is 0 Å². The van der Waals surface area contributed by atoms with E-state index in [0.29, 0.717) is 19.1 Å². The summed E-state index contributed by atoms with van der Waals surface area (Å²) in [6, 6.07) is 2.96. The maximum Gasteiger partial charge on any atom is 0.204 e. The predicted octanol–water partition coefficient (Wildman–Crippen LogP) is 7.32. The van der Waals surface area contributed by atoms with Gasteiger partial charge in [0, 0.05) is 0 Å². The summed E-state index contributed by atoms with van der Waals surface area (Å²) >= 11 is 0. The SMILES string of the molecule is C=CC1CCC(C2CCC(COc3ccc(OCCCC)c(F)c3F)CC2)CC1. The first-order chi connectivity index (χ1) is 14.1. The van der Waals surface area contributed by atoms with Crippen molar-refractivity contribution in [2.24, 2.45) is 23.7 Å². The van der Waals surface area contributed by atoms with Gasteiger partial charge in [0.05, 0.1) is 13.2 Å². The van der Waals surface area contributed by atoms with Gasteiger partial charge in [0.1, 0.15) is 0 Å². The van der Waals surface area contributed by atoms with E-state index in [1.54, 1.807) is 0 Å². The maximum absolute atomic E-state index is 14.3. The second-order valence-corrected chi connectivity index (χ2v) is 8.89. The van der Waals surface area contributed by atoms with Crippen LogP contribution in [0.4, 0.5) is 8.78 Å². The molecule has 29 heavy (non-hydrogen) atoms. The third kappa shape index (κ3) is 5.96. The van der Waals surface area contributed by atoms with Crippen LogP contribution in [0.5, 0.6) is 11.5 Å². The first-order valence-electron chi connectivity index (χ1n) is 11.5. The minimum Gasteiger partial charge on any atom is -0.490 e. The lowest BCUT2D eigenvalue weighted by Gasteiger charge is -2.37. The highest BCUT2D eigenvalue weighted by molar-refractivity contribution is 5.35. The smallest absolute Gasteiger partial charge is 0.204 e. The topological polar surface area (TPSA) is 18.5 Å². The summed E-state index contributed by atoms with van der Waals surface area (Å²) in [6.45, 7) is 6.82. The molecule has 0 saturated heterocycles. The van der Waals surface area contributed by atoms with E-state index < -0.39 is 11.6 Å². The number of rotatable bonds is 9. The average Bonchev–Trinajstić information content (AvgIpc) is 2.77. The molecule has 0 amide bonds. The largest absolute Gasteiger partial charge is 0.490 e. The number of allylic oxidation sites excluding steroid dienone is 1. The molecule has 0 radical (unpaired) electrons. The lowest BCUT2D eigenvalue weighted by Crippen LogP contribution is -2.27. The van der Waals surface area contributed by atoms with Gasteiger partial charge in [-0.15, -0.1) is 6.58 Å². The molecule has 0 bridgehead atoms. The molecule has 2 aliphatic rings. The highest BCUT2D eigenvalue weighted by Gasteiger charge is 2.30. The minimum absolute atomic E-state index is 0.00443. The molecule has 3 rings (SSSR count). The summed E-state index contributed by atoms with van der Waals surface area (Å²) in [6.07, 6.45) is 13.8. The summed E-state index contributed by atoms with van der Waals surface area (Å²) in [5.74, 6) is 0.910. The highest BCUT2D eigenvalue weighted by Crippen LogP contribution is 2.41. The van der Waals surface area contributed by atoms with E-state index in [9.17, 15) is 8.78 Å². The second-order valence-electron chi connectivity index (χ2n) is 8.89. The highest BCUT2D eigenvalue weighted by atomic mass is 19.2. The third-order valence-electron chi connectivity index (χ3n) is 6.95. The number of ether oxygens (including phenoxy) is 2. The summed E-state index contributed by atoms with van der Waals surface area (Å²) < 4.78 is 39.5. The minimum atomic E-state index is -0.947. The Labute approximate surface area is 174 Å². The fraction of sp³-hybridized carbons (Fsp3) is 0.680. The summed E-state index contributed by atoms with van der Waals surface area (Å²) in [4.78, 5) is 0. The fourth-order valence-corrected chi connectivity index (χ4v) is 4.95. The molecule has 1 aromatic rings. The summed E-state index contributed by atoms with van der Waals surface area (Å²) in [5, 5.41) is 0. The summed E-state index contributed by atoms with van der Waals surface area (Å²) in [5.41, 5.74) is 0. The van der Waals surface area contributed by atoms with Crippen LogP contribution in [0.25, 0.3) is 0 Å². The molecular formula is C25H36F2O2.